The summed E-state index contributed by atoms with van der Waals surface area (Å²) in [4.78, 5) is 4.34. The van der Waals surface area contributed by atoms with Crippen molar-refractivity contribution in [2.45, 2.75) is 6.42 Å². The molecule has 1 aromatic heterocycles. The van der Waals surface area contributed by atoms with Crippen molar-refractivity contribution in [1.82, 2.24) is 4.98 Å². The van der Waals surface area contributed by atoms with Gasteiger partial charge in [0.2, 0.25) is 5.88 Å². The Bertz CT molecular complexity index is 398. The Hall–Kier alpha value is -0.0636. The molecule has 0 N–H and O–H groups in total. The first-order chi connectivity index (χ1) is 6.88. The number of methoxy groups -OCH3 is 1. The molecular weight excluding hydrogens is 213 g/mol. The Labute approximate surface area is 132 Å². The first kappa shape index (κ1) is 13.0. The predicted molar refractivity (Wildman–Crippen MR) is 55.6 cm³/mol. The van der Waals surface area contributed by atoms with Gasteiger partial charge in [-0.15, -0.1) is 0 Å². The zero-order valence-electron chi connectivity index (χ0n) is 9.10. The minimum atomic E-state index is 0. The maximum absolute atomic E-state index is 5.06. The molecule has 2 nitrogen and oxygen atoms in total. The van der Waals surface area contributed by atoms with Crippen molar-refractivity contribution >= 4 is 0 Å². The summed E-state index contributed by atoms with van der Waals surface area (Å²) in [5.41, 5.74) is 2.32. The van der Waals surface area contributed by atoms with Crippen LogP contribution in [0.4, 0.5) is 0 Å². The SMILES string of the molecule is COc1cccc(Cc2ccc[cH-]2)n1.[K+]. The molecule has 1 aromatic carbocycles. The Morgan fingerprint density at radius 1 is 1.27 bits per heavy atom. The topological polar surface area (TPSA) is 22.1 Å². The van der Waals surface area contributed by atoms with Crippen LogP contribution in [-0.2, 0) is 6.42 Å². The number of pyridine rings is 1. The molecule has 0 aliphatic heterocycles. The number of ether oxygens (including phenoxy) is 1. The Kier molecular flexibility index (Phi) is 5.64. The van der Waals surface area contributed by atoms with Crippen LogP contribution in [-0.4, -0.2) is 12.1 Å². The summed E-state index contributed by atoms with van der Waals surface area (Å²) in [5.74, 6) is 0.675. The molecule has 15 heavy (non-hydrogen) atoms. The van der Waals surface area contributed by atoms with E-state index in [1.54, 1.807) is 7.11 Å². The van der Waals surface area contributed by atoms with Gasteiger partial charge in [0, 0.05) is 11.8 Å². The summed E-state index contributed by atoms with van der Waals surface area (Å²) in [6.07, 6.45) is 0.865. The molecule has 0 saturated heterocycles. The Morgan fingerprint density at radius 2 is 2.13 bits per heavy atom. The first-order valence-corrected chi connectivity index (χ1v) is 4.59. The summed E-state index contributed by atoms with van der Waals surface area (Å²) < 4.78 is 5.06. The van der Waals surface area contributed by atoms with Crippen LogP contribution in [0.25, 0.3) is 0 Å². The van der Waals surface area contributed by atoms with Gasteiger partial charge in [-0.05, 0) is 12.5 Å². The average molecular weight is 225 g/mol. The van der Waals surface area contributed by atoms with Crippen LogP contribution in [0.5, 0.6) is 5.88 Å². The van der Waals surface area contributed by atoms with Gasteiger partial charge in [-0.1, -0.05) is 6.07 Å². The fourth-order valence-electron chi connectivity index (χ4n) is 1.41. The summed E-state index contributed by atoms with van der Waals surface area (Å²) in [6, 6.07) is 14.1. The van der Waals surface area contributed by atoms with Crippen LogP contribution in [0.2, 0.25) is 0 Å². The average Bonchev–Trinajstić information content (AvgIpc) is 2.71. The van der Waals surface area contributed by atoms with Gasteiger partial charge in [0.25, 0.3) is 0 Å². The molecule has 2 aromatic rings. The van der Waals surface area contributed by atoms with Gasteiger partial charge < -0.3 is 4.74 Å². The standard InChI is InChI=1S/C12H12NO.K/c1-14-12-8-4-7-11(13-12)9-10-5-2-3-6-10;/h2-8H,9H2,1H3;/q-1;+1. The van der Waals surface area contributed by atoms with Gasteiger partial charge in [-0.2, -0.15) is 17.7 Å². The maximum Gasteiger partial charge on any atom is 1.00 e. The van der Waals surface area contributed by atoms with Crippen LogP contribution < -0.4 is 56.1 Å². The third kappa shape index (κ3) is 3.77. The molecule has 72 valence electrons. The van der Waals surface area contributed by atoms with Crippen LogP contribution >= 0.6 is 0 Å². The van der Waals surface area contributed by atoms with E-state index in [0.717, 1.165) is 12.1 Å². The molecule has 0 aliphatic carbocycles. The number of nitrogens with zero attached hydrogens (tertiary/aromatic N) is 1. The van der Waals surface area contributed by atoms with E-state index in [9.17, 15) is 0 Å². The molecule has 0 atom stereocenters. The van der Waals surface area contributed by atoms with Crippen molar-refractivity contribution in [1.29, 1.82) is 0 Å². The van der Waals surface area contributed by atoms with E-state index in [0.29, 0.717) is 5.88 Å². The van der Waals surface area contributed by atoms with Crippen LogP contribution in [0.1, 0.15) is 11.3 Å². The van der Waals surface area contributed by atoms with Crippen LogP contribution in [0, 0.1) is 0 Å². The Balaban J connectivity index is 0.00000112. The first-order valence-electron chi connectivity index (χ1n) is 4.59. The zero-order chi connectivity index (χ0) is 9.80. The maximum atomic E-state index is 5.06. The molecule has 0 radical (unpaired) electrons. The summed E-state index contributed by atoms with van der Waals surface area (Å²) in [5, 5.41) is 0. The Morgan fingerprint density at radius 3 is 2.80 bits per heavy atom. The second kappa shape index (κ2) is 6.50. The van der Waals surface area contributed by atoms with Crippen molar-refractivity contribution in [3.63, 3.8) is 0 Å². The predicted octanol–water partition coefficient (Wildman–Crippen LogP) is -0.596. The molecule has 0 saturated carbocycles. The third-order valence-electron chi connectivity index (χ3n) is 2.11. The summed E-state index contributed by atoms with van der Waals surface area (Å²) >= 11 is 0. The van der Waals surface area contributed by atoms with E-state index in [4.69, 9.17) is 4.74 Å². The fourth-order valence-corrected chi connectivity index (χ4v) is 1.41. The van der Waals surface area contributed by atoms with Crippen LogP contribution in [0.3, 0.4) is 0 Å². The summed E-state index contributed by atoms with van der Waals surface area (Å²) in [7, 11) is 1.63. The van der Waals surface area contributed by atoms with Gasteiger partial charge in [0.15, 0.2) is 0 Å². The molecule has 0 aliphatic rings. The molecule has 0 bridgehead atoms. The molecule has 1 heterocycles. The minimum absolute atomic E-state index is 0. The van der Waals surface area contributed by atoms with E-state index in [1.807, 2.05) is 30.3 Å². The number of hydrogen-bond donors (Lipinski definition) is 0. The van der Waals surface area contributed by atoms with Crippen molar-refractivity contribution < 1.29 is 56.1 Å². The van der Waals surface area contributed by atoms with Crippen molar-refractivity contribution in [3.8, 4) is 5.88 Å². The van der Waals surface area contributed by atoms with Crippen molar-refractivity contribution in [2.75, 3.05) is 7.11 Å². The number of rotatable bonds is 3. The van der Waals surface area contributed by atoms with E-state index in [1.165, 1.54) is 5.56 Å². The van der Waals surface area contributed by atoms with Gasteiger partial charge in [0.05, 0.1) is 7.11 Å². The molecule has 2 rings (SSSR count). The van der Waals surface area contributed by atoms with E-state index in [-0.39, 0.29) is 51.4 Å². The molecular formula is C12H12KNO. The number of aromatic nitrogens is 1. The van der Waals surface area contributed by atoms with Crippen molar-refractivity contribution in [3.05, 3.63) is 53.7 Å². The fraction of sp³-hybridized carbons (Fsp3) is 0.167. The quantitative estimate of drug-likeness (QED) is 0.514. The van der Waals surface area contributed by atoms with E-state index >= 15 is 0 Å². The van der Waals surface area contributed by atoms with Gasteiger partial charge in [-0.25, -0.2) is 17.1 Å². The smallest absolute Gasteiger partial charge is 0.481 e. The normalized spacial score (nSPS) is 9.40. The minimum Gasteiger partial charge on any atom is -0.481 e. The van der Waals surface area contributed by atoms with E-state index < -0.39 is 0 Å². The third-order valence-corrected chi connectivity index (χ3v) is 2.11. The number of hydrogen-bond acceptors (Lipinski definition) is 2. The summed E-state index contributed by atoms with van der Waals surface area (Å²) in [6.45, 7) is 0. The molecule has 0 unspecified atom stereocenters. The van der Waals surface area contributed by atoms with E-state index in [2.05, 4.69) is 17.1 Å². The van der Waals surface area contributed by atoms with Gasteiger partial charge in [-0.3, -0.25) is 0 Å². The second-order valence-electron chi connectivity index (χ2n) is 3.14. The molecule has 0 amide bonds. The molecule has 0 spiro atoms. The zero-order valence-corrected chi connectivity index (χ0v) is 12.2. The monoisotopic (exact) mass is 225 g/mol. The largest absolute Gasteiger partial charge is 1.00 e. The van der Waals surface area contributed by atoms with Crippen molar-refractivity contribution in [2.24, 2.45) is 0 Å². The van der Waals surface area contributed by atoms with Crippen LogP contribution in [0.15, 0.2) is 42.5 Å². The second-order valence-corrected chi connectivity index (χ2v) is 3.14. The molecule has 3 heteroatoms. The van der Waals surface area contributed by atoms with Gasteiger partial charge in [0.1, 0.15) is 0 Å². The van der Waals surface area contributed by atoms with Gasteiger partial charge >= 0.3 is 51.4 Å². The molecule has 0 fully saturated rings.